The molecule has 0 aliphatic carbocycles. The smallest absolute Gasteiger partial charge is 0.355 e. The van der Waals surface area contributed by atoms with E-state index in [1.807, 2.05) is 23.5 Å². The molecule has 0 bridgehead atoms. The molecule has 98 valence electrons. The first-order valence-corrected chi connectivity index (χ1v) is 8.30. The van der Waals surface area contributed by atoms with Gasteiger partial charge >= 0.3 is 5.97 Å². The minimum atomic E-state index is -1.03. The van der Waals surface area contributed by atoms with Crippen LogP contribution in [0.2, 0.25) is 0 Å². The van der Waals surface area contributed by atoms with E-state index >= 15 is 0 Å². The summed E-state index contributed by atoms with van der Waals surface area (Å²) in [6.45, 7) is 4.40. The van der Waals surface area contributed by atoms with Crippen molar-refractivity contribution in [1.29, 1.82) is 0 Å². The van der Waals surface area contributed by atoms with Crippen LogP contribution in [0.25, 0.3) is 0 Å². The van der Waals surface area contributed by atoms with E-state index in [4.69, 9.17) is 5.11 Å². The highest BCUT2D eigenvalue weighted by atomic mass is 79.9. The molecule has 1 aromatic rings. The van der Waals surface area contributed by atoms with E-state index in [-0.39, 0.29) is 10.9 Å². The summed E-state index contributed by atoms with van der Waals surface area (Å²) < 4.78 is 0.425. The maximum Gasteiger partial charge on any atom is 0.355 e. The molecule has 7 heteroatoms. The maximum atomic E-state index is 11.0. The number of halogens is 1. The zero-order valence-corrected chi connectivity index (χ0v) is 13.2. The van der Waals surface area contributed by atoms with Gasteiger partial charge in [-0.1, -0.05) is 13.8 Å². The van der Waals surface area contributed by atoms with Crippen LogP contribution in [0, 0.1) is 0 Å². The fraction of sp³-hybridized carbons (Fsp3) is 0.545. The van der Waals surface area contributed by atoms with Crippen LogP contribution in [-0.2, 0) is 0 Å². The van der Waals surface area contributed by atoms with Crippen molar-refractivity contribution in [3.05, 3.63) is 22.2 Å². The monoisotopic (exact) mass is 348 g/mol. The molecule has 1 saturated heterocycles. The fourth-order valence-corrected chi connectivity index (χ4v) is 4.82. The highest BCUT2D eigenvalue weighted by Gasteiger charge is 2.29. The lowest BCUT2D eigenvalue weighted by Crippen LogP contribution is -2.23. The lowest BCUT2D eigenvalue weighted by atomic mass is 10.3. The third-order valence-electron chi connectivity index (χ3n) is 2.80. The average molecular weight is 349 g/mol. The van der Waals surface area contributed by atoms with Gasteiger partial charge in [0, 0.05) is 22.4 Å². The number of carboxylic acid groups (broad SMARTS) is 1. The Morgan fingerprint density at radius 3 is 2.83 bits per heavy atom. The molecule has 3 unspecified atom stereocenters. The number of carboxylic acids is 1. The second-order valence-corrected chi connectivity index (χ2v) is 7.95. The van der Waals surface area contributed by atoms with E-state index in [2.05, 4.69) is 39.7 Å². The lowest BCUT2D eigenvalue weighted by Gasteiger charge is -2.30. The molecule has 0 aromatic carbocycles. The lowest BCUT2D eigenvalue weighted by molar-refractivity contribution is 0.0688. The first-order valence-electron chi connectivity index (χ1n) is 5.52. The van der Waals surface area contributed by atoms with Crippen molar-refractivity contribution in [2.75, 3.05) is 5.75 Å². The Balaban J connectivity index is 2.24. The molecule has 0 radical (unpaired) electrons. The molecule has 1 aliphatic rings. The standard InChI is InChI=1S/C11H13BrN2O2S2/c1-5-6(2)18-8(4-17-5)10-13-3-7(12)9(14-10)11(15)16/h3,5-6,8H,4H2,1-2H3,(H,15,16). The molecule has 1 aliphatic heterocycles. The molecule has 1 N–H and O–H groups in total. The summed E-state index contributed by atoms with van der Waals surface area (Å²) in [5, 5.41) is 10.4. The van der Waals surface area contributed by atoms with Gasteiger partial charge in [-0.15, -0.1) is 11.8 Å². The Morgan fingerprint density at radius 2 is 2.22 bits per heavy atom. The summed E-state index contributed by atoms with van der Waals surface area (Å²) in [4.78, 5) is 19.5. The Labute approximate surface area is 122 Å². The van der Waals surface area contributed by atoms with Crippen molar-refractivity contribution in [3.8, 4) is 0 Å². The van der Waals surface area contributed by atoms with Crippen LogP contribution >= 0.6 is 39.5 Å². The number of aromatic nitrogens is 2. The van der Waals surface area contributed by atoms with Gasteiger partial charge in [-0.3, -0.25) is 0 Å². The van der Waals surface area contributed by atoms with Gasteiger partial charge < -0.3 is 5.11 Å². The fourth-order valence-electron chi connectivity index (χ4n) is 1.60. The van der Waals surface area contributed by atoms with Gasteiger partial charge in [0.1, 0.15) is 5.82 Å². The van der Waals surface area contributed by atoms with E-state index in [9.17, 15) is 4.79 Å². The number of thioether (sulfide) groups is 2. The first-order chi connectivity index (χ1) is 8.49. The predicted molar refractivity (Wildman–Crippen MR) is 78.4 cm³/mol. The summed E-state index contributed by atoms with van der Waals surface area (Å²) in [6.07, 6.45) is 1.53. The molecule has 0 saturated carbocycles. The van der Waals surface area contributed by atoms with E-state index < -0.39 is 5.97 Å². The molecule has 18 heavy (non-hydrogen) atoms. The minimum Gasteiger partial charge on any atom is -0.476 e. The zero-order valence-electron chi connectivity index (χ0n) is 9.96. The molecule has 2 rings (SSSR count). The van der Waals surface area contributed by atoms with Gasteiger partial charge in [-0.05, 0) is 15.9 Å². The summed E-state index contributed by atoms with van der Waals surface area (Å²) in [7, 11) is 0. The van der Waals surface area contributed by atoms with Gasteiger partial charge in [-0.25, -0.2) is 14.8 Å². The largest absolute Gasteiger partial charge is 0.476 e. The van der Waals surface area contributed by atoms with E-state index in [0.717, 1.165) is 5.75 Å². The number of hydrogen-bond donors (Lipinski definition) is 1. The van der Waals surface area contributed by atoms with Gasteiger partial charge in [-0.2, -0.15) is 11.8 Å². The molecule has 0 amide bonds. The van der Waals surface area contributed by atoms with Crippen LogP contribution in [0.5, 0.6) is 0 Å². The zero-order chi connectivity index (χ0) is 13.3. The third-order valence-corrected chi connectivity index (χ3v) is 6.77. The minimum absolute atomic E-state index is 0.0388. The molecule has 1 fully saturated rings. The van der Waals surface area contributed by atoms with Crippen molar-refractivity contribution >= 4 is 45.4 Å². The first kappa shape index (κ1) is 14.1. The van der Waals surface area contributed by atoms with Gasteiger partial charge in [0.15, 0.2) is 5.69 Å². The quantitative estimate of drug-likeness (QED) is 0.884. The Hall–Kier alpha value is -0.270. The third kappa shape index (κ3) is 3.00. The second kappa shape index (κ2) is 5.79. The number of carbonyl (C=O) groups is 1. The van der Waals surface area contributed by atoms with Crippen LogP contribution < -0.4 is 0 Å². The predicted octanol–water partition coefficient (Wildman–Crippen LogP) is 3.24. The van der Waals surface area contributed by atoms with Crippen molar-refractivity contribution in [1.82, 2.24) is 9.97 Å². The summed E-state index contributed by atoms with van der Waals surface area (Å²) >= 11 is 6.87. The number of rotatable bonds is 2. The Bertz CT molecular complexity index is 472. The average Bonchev–Trinajstić information content (AvgIpc) is 2.33. The van der Waals surface area contributed by atoms with Gasteiger partial charge in [0.25, 0.3) is 0 Å². The van der Waals surface area contributed by atoms with Gasteiger partial charge in [0.05, 0.1) is 9.72 Å². The van der Waals surface area contributed by atoms with Crippen molar-refractivity contribution in [2.45, 2.75) is 29.6 Å². The van der Waals surface area contributed by atoms with Crippen LogP contribution in [-0.4, -0.2) is 37.3 Å². The maximum absolute atomic E-state index is 11.0. The summed E-state index contributed by atoms with van der Waals surface area (Å²) in [6, 6.07) is 0. The molecule has 4 nitrogen and oxygen atoms in total. The van der Waals surface area contributed by atoms with E-state index in [1.165, 1.54) is 6.20 Å². The van der Waals surface area contributed by atoms with Crippen LogP contribution in [0.4, 0.5) is 0 Å². The summed E-state index contributed by atoms with van der Waals surface area (Å²) in [5.74, 6) is 0.517. The van der Waals surface area contributed by atoms with Crippen LogP contribution in [0.3, 0.4) is 0 Å². The SMILES string of the molecule is CC1SCC(c2ncc(Br)c(C(=O)O)n2)SC1C. The molecular weight excluding hydrogens is 336 g/mol. The Morgan fingerprint density at radius 1 is 1.50 bits per heavy atom. The molecule has 3 atom stereocenters. The van der Waals surface area contributed by atoms with Crippen LogP contribution in [0.1, 0.15) is 35.4 Å². The molecule has 0 spiro atoms. The van der Waals surface area contributed by atoms with E-state index in [1.54, 1.807) is 0 Å². The number of hydrogen-bond acceptors (Lipinski definition) is 5. The highest BCUT2D eigenvalue weighted by Crippen LogP contribution is 2.43. The molecular formula is C11H13BrN2O2S2. The molecule has 2 heterocycles. The Kier molecular flexibility index (Phi) is 4.55. The summed E-state index contributed by atoms with van der Waals surface area (Å²) in [5.41, 5.74) is 0.0388. The topological polar surface area (TPSA) is 63.1 Å². The van der Waals surface area contributed by atoms with E-state index in [0.29, 0.717) is 20.8 Å². The molecule has 1 aromatic heterocycles. The number of nitrogens with zero attached hydrogens (tertiary/aromatic N) is 2. The van der Waals surface area contributed by atoms with Crippen LogP contribution in [0.15, 0.2) is 10.7 Å². The van der Waals surface area contributed by atoms with Crippen molar-refractivity contribution in [3.63, 3.8) is 0 Å². The highest BCUT2D eigenvalue weighted by molar-refractivity contribution is 9.10. The van der Waals surface area contributed by atoms with Gasteiger partial charge in [0.2, 0.25) is 0 Å². The normalized spacial score (nSPS) is 28.1. The second-order valence-electron chi connectivity index (χ2n) is 4.10. The number of aromatic carboxylic acids is 1. The van der Waals surface area contributed by atoms with Crippen molar-refractivity contribution in [2.24, 2.45) is 0 Å². The van der Waals surface area contributed by atoms with Crippen molar-refractivity contribution < 1.29 is 9.90 Å².